The molecule has 3 rings (SSSR count). The maximum absolute atomic E-state index is 11.8. The molecule has 0 aliphatic carbocycles. The summed E-state index contributed by atoms with van der Waals surface area (Å²) in [6.07, 6.45) is 6.89. The molecule has 3 heterocycles. The molecule has 0 saturated carbocycles. The Morgan fingerprint density at radius 1 is 1.30 bits per heavy atom. The Kier molecular flexibility index (Phi) is 4.25. The van der Waals surface area contributed by atoms with Crippen LogP contribution in [0.3, 0.4) is 0 Å². The second-order valence-corrected chi connectivity index (χ2v) is 8.18. The van der Waals surface area contributed by atoms with Crippen molar-refractivity contribution in [2.75, 3.05) is 19.3 Å². The molecule has 1 fully saturated rings. The topological polar surface area (TPSA) is 68.1 Å². The highest BCUT2D eigenvalue weighted by Crippen LogP contribution is 2.28. The number of aromatic nitrogens is 3. The molecule has 1 atom stereocenters. The number of rotatable bonds is 3. The van der Waals surface area contributed by atoms with Gasteiger partial charge in [0.1, 0.15) is 5.82 Å². The minimum Gasteiger partial charge on any atom is -0.304 e. The fourth-order valence-electron chi connectivity index (χ4n) is 3.17. The van der Waals surface area contributed by atoms with E-state index in [9.17, 15) is 8.42 Å². The molecule has 0 radical (unpaired) electrons. The van der Waals surface area contributed by atoms with E-state index in [2.05, 4.69) is 9.97 Å². The molecule has 7 heteroatoms. The standard InChI is InChI=1S/C16H22N4O2S/c1-12-10-20(13(2)18-12)15-6-7-17-16(9-15)14-5-4-8-19(11-14)23(3,21)22/h6-7,9-10,14H,4-5,8,11H2,1-3H3/t14-/m0/s1. The SMILES string of the molecule is Cc1cn(-c2ccnc([C@H]3CCCN(S(C)(=O)=O)C3)c2)c(C)n1. The van der Waals surface area contributed by atoms with Crippen LogP contribution in [0.5, 0.6) is 0 Å². The van der Waals surface area contributed by atoms with E-state index in [1.807, 2.05) is 36.7 Å². The van der Waals surface area contributed by atoms with Gasteiger partial charge in [0.05, 0.1) is 17.6 Å². The Hall–Kier alpha value is -1.73. The highest BCUT2D eigenvalue weighted by molar-refractivity contribution is 7.88. The monoisotopic (exact) mass is 334 g/mol. The van der Waals surface area contributed by atoms with Gasteiger partial charge in [-0.3, -0.25) is 4.98 Å². The summed E-state index contributed by atoms with van der Waals surface area (Å²) in [5.74, 6) is 1.07. The van der Waals surface area contributed by atoms with Gasteiger partial charge in [-0.1, -0.05) is 0 Å². The van der Waals surface area contributed by atoms with E-state index < -0.39 is 10.0 Å². The number of aryl methyl sites for hydroxylation is 2. The van der Waals surface area contributed by atoms with Gasteiger partial charge in [0, 0.05) is 37.1 Å². The quantitative estimate of drug-likeness (QED) is 0.861. The van der Waals surface area contributed by atoms with E-state index in [1.54, 1.807) is 10.5 Å². The molecule has 0 amide bonds. The highest BCUT2D eigenvalue weighted by Gasteiger charge is 2.27. The molecule has 1 aliphatic heterocycles. The molecule has 0 unspecified atom stereocenters. The average Bonchev–Trinajstić information content (AvgIpc) is 2.85. The summed E-state index contributed by atoms with van der Waals surface area (Å²) in [7, 11) is -3.14. The van der Waals surface area contributed by atoms with E-state index in [1.165, 1.54) is 6.26 Å². The Bertz CT molecular complexity index is 813. The second-order valence-electron chi connectivity index (χ2n) is 6.20. The van der Waals surface area contributed by atoms with Crippen LogP contribution in [0.1, 0.15) is 36.0 Å². The summed E-state index contributed by atoms with van der Waals surface area (Å²) in [6, 6.07) is 4.00. The van der Waals surface area contributed by atoms with E-state index in [0.29, 0.717) is 13.1 Å². The van der Waals surface area contributed by atoms with Gasteiger partial charge in [-0.05, 0) is 38.8 Å². The predicted molar refractivity (Wildman–Crippen MR) is 89.2 cm³/mol. The van der Waals surface area contributed by atoms with Gasteiger partial charge in [-0.2, -0.15) is 0 Å². The Morgan fingerprint density at radius 2 is 2.09 bits per heavy atom. The van der Waals surface area contributed by atoms with Gasteiger partial charge in [-0.25, -0.2) is 17.7 Å². The van der Waals surface area contributed by atoms with Crippen LogP contribution in [-0.2, 0) is 10.0 Å². The molecule has 1 aliphatic rings. The predicted octanol–water partition coefficient (Wildman–Crippen LogP) is 2.02. The number of hydrogen-bond acceptors (Lipinski definition) is 4. The third-order valence-corrected chi connectivity index (χ3v) is 5.59. The first-order chi connectivity index (χ1) is 10.8. The zero-order chi connectivity index (χ0) is 16.6. The van der Waals surface area contributed by atoms with Gasteiger partial charge in [0.25, 0.3) is 0 Å². The van der Waals surface area contributed by atoms with Crippen molar-refractivity contribution in [2.24, 2.45) is 0 Å². The van der Waals surface area contributed by atoms with Gasteiger partial charge >= 0.3 is 0 Å². The number of hydrogen-bond donors (Lipinski definition) is 0. The zero-order valence-corrected chi connectivity index (χ0v) is 14.5. The van der Waals surface area contributed by atoms with Gasteiger partial charge in [-0.15, -0.1) is 0 Å². The number of pyridine rings is 1. The number of piperidine rings is 1. The van der Waals surface area contributed by atoms with E-state index in [4.69, 9.17) is 0 Å². The first-order valence-electron chi connectivity index (χ1n) is 7.78. The third-order valence-electron chi connectivity index (χ3n) is 4.32. The van der Waals surface area contributed by atoms with Crippen LogP contribution < -0.4 is 0 Å². The largest absolute Gasteiger partial charge is 0.304 e. The lowest BCUT2D eigenvalue weighted by molar-refractivity contribution is 0.314. The van der Waals surface area contributed by atoms with Crippen LogP contribution in [0, 0.1) is 13.8 Å². The van der Waals surface area contributed by atoms with Crippen molar-refractivity contribution in [3.63, 3.8) is 0 Å². The fraction of sp³-hybridized carbons (Fsp3) is 0.500. The summed E-state index contributed by atoms with van der Waals surface area (Å²) in [5.41, 5.74) is 2.94. The molecule has 23 heavy (non-hydrogen) atoms. The zero-order valence-electron chi connectivity index (χ0n) is 13.7. The van der Waals surface area contributed by atoms with Crippen LogP contribution in [-0.4, -0.2) is 46.6 Å². The first-order valence-corrected chi connectivity index (χ1v) is 9.63. The molecular formula is C16H22N4O2S. The smallest absolute Gasteiger partial charge is 0.211 e. The number of sulfonamides is 1. The first kappa shape index (κ1) is 16.1. The van der Waals surface area contributed by atoms with E-state index in [0.717, 1.165) is 35.7 Å². The molecule has 0 N–H and O–H groups in total. The average molecular weight is 334 g/mol. The Labute approximate surface area is 137 Å². The van der Waals surface area contributed by atoms with Crippen molar-refractivity contribution < 1.29 is 8.42 Å². The van der Waals surface area contributed by atoms with Crippen LogP contribution in [0.4, 0.5) is 0 Å². The molecular weight excluding hydrogens is 312 g/mol. The summed E-state index contributed by atoms with van der Waals surface area (Å²) in [6.45, 7) is 5.06. The molecule has 0 bridgehead atoms. The molecule has 124 valence electrons. The lowest BCUT2D eigenvalue weighted by Gasteiger charge is -2.30. The number of nitrogens with zero attached hydrogens (tertiary/aromatic N) is 4. The van der Waals surface area contributed by atoms with Crippen LogP contribution in [0.25, 0.3) is 5.69 Å². The summed E-state index contributed by atoms with van der Waals surface area (Å²) in [5, 5.41) is 0. The van der Waals surface area contributed by atoms with Crippen molar-refractivity contribution in [3.05, 3.63) is 41.7 Å². The van der Waals surface area contributed by atoms with Crippen molar-refractivity contribution in [2.45, 2.75) is 32.6 Å². The summed E-state index contributed by atoms with van der Waals surface area (Å²) < 4.78 is 27.2. The van der Waals surface area contributed by atoms with Crippen molar-refractivity contribution in [3.8, 4) is 5.69 Å². The summed E-state index contributed by atoms with van der Waals surface area (Å²) >= 11 is 0. The second kappa shape index (κ2) is 6.05. The molecule has 0 spiro atoms. The minimum atomic E-state index is -3.14. The lowest BCUT2D eigenvalue weighted by atomic mass is 9.95. The van der Waals surface area contributed by atoms with Gasteiger partial charge in [0.15, 0.2) is 0 Å². The highest BCUT2D eigenvalue weighted by atomic mass is 32.2. The molecule has 6 nitrogen and oxygen atoms in total. The van der Waals surface area contributed by atoms with Gasteiger partial charge < -0.3 is 4.57 Å². The lowest BCUT2D eigenvalue weighted by Crippen LogP contribution is -2.38. The van der Waals surface area contributed by atoms with Crippen LogP contribution in [0.15, 0.2) is 24.5 Å². The van der Waals surface area contributed by atoms with Crippen LogP contribution in [0.2, 0.25) is 0 Å². The van der Waals surface area contributed by atoms with Crippen molar-refractivity contribution >= 4 is 10.0 Å². The Balaban J connectivity index is 1.89. The number of imidazole rings is 1. The van der Waals surface area contributed by atoms with Gasteiger partial charge in [0.2, 0.25) is 10.0 Å². The van der Waals surface area contributed by atoms with Crippen LogP contribution >= 0.6 is 0 Å². The fourth-order valence-corrected chi connectivity index (χ4v) is 4.09. The normalized spacial score (nSPS) is 19.9. The minimum absolute atomic E-state index is 0.142. The van der Waals surface area contributed by atoms with Crippen molar-refractivity contribution in [1.82, 2.24) is 18.8 Å². The molecule has 0 aromatic carbocycles. The molecule has 2 aromatic rings. The van der Waals surface area contributed by atoms with Crippen molar-refractivity contribution in [1.29, 1.82) is 0 Å². The summed E-state index contributed by atoms with van der Waals surface area (Å²) in [4.78, 5) is 8.92. The van der Waals surface area contributed by atoms with E-state index >= 15 is 0 Å². The maximum Gasteiger partial charge on any atom is 0.211 e. The maximum atomic E-state index is 11.8. The molecule has 2 aromatic heterocycles. The van der Waals surface area contributed by atoms with E-state index in [-0.39, 0.29) is 5.92 Å². The third kappa shape index (κ3) is 3.45. The molecule has 1 saturated heterocycles. The Morgan fingerprint density at radius 3 is 2.74 bits per heavy atom.